The smallest absolute Gasteiger partial charge is 0.323 e. The molecule has 0 saturated heterocycles. The monoisotopic (exact) mass is 267 g/mol. The van der Waals surface area contributed by atoms with E-state index in [-0.39, 0.29) is 17.9 Å². The minimum Gasteiger partial charge on any atom is -0.468 e. The van der Waals surface area contributed by atoms with E-state index in [0.717, 1.165) is 24.1 Å². The molecule has 1 rings (SSSR count). The average molecular weight is 267 g/mol. The van der Waals surface area contributed by atoms with Crippen LogP contribution in [0.1, 0.15) is 38.4 Å². The minimum absolute atomic E-state index is 0.198. The lowest BCUT2D eigenvalue weighted by molar-refractivity contribution is -0.144. The average Bonchev–Trinajstić information content (AvgIpc) is 2.78. The van der Waals surface area contributed by atoms with Crippen molar-refractivity contribution >= 4 is 5.97 Å². The van der Waals surface area contributed by atoms with Crippen LogP contribution in [0.2, 0.25) is 0 Å². The highest BCUT2D eigenvalue weighted by molar-refractivity contribution is 5.75. The van der Waals surface area contributed by atoms with E-state index < -0.39 is 0 Å². The summed E-state index contributed by atoms with van der Waals surface area (Å²) in [4.78, 5) is 11.8. The Morgan fingerprint density at radius 3 is 2.74 bits per heavy atom. The number of aryl methyl sites for hydroxylation is 2. The van der Waals surface area contributed by atoms with Gasteiger partial charge in [-0.2, -0.15) is 5.10 Å². The van der Waals surface area contributed by atoms with E-state index in [9.17, 15) is 4.79 Å². The van der Waals surface area contributed by atoms with Gasteiger partial charge in [-0.3, -0.25) is 14.8 Å². The molecule has 1 heterocycles. The Bertz CT molecular complexity index is 415. The Labute approximate surface area is 115 Å². The maximum atomic E-state index is 11.8. The molecule has 0 radical (unpaired) electrons. The first kappa shape index (κ1) is 15.7. The molecule has 19 heavy (non-hydrogen) atoms. The van der Waals surface area contributed by atoms with Crippen LogP contribution in [0.25, 0.3) is 0 Å². The molecule has 0 aliphatic heterocycles. The Balaban J connectivity index is 2.72. The normalized spacial score (nSPS) is 14.2. The highest BCUT2D eigenvalue weighted by Gasteiger charge is 2.24. The van der Waals surface area contributed by atoms with Crippen molar-refractivity contribution in [2.24, 2.45) is 13.0 Å². The topological polar surface area (TPSA) is 56.2 Å². The van der Waals surface area contributed by atoms with Gasteiger partial charge in [0.05, 0.1) is 12.8 Å². The maximum Gasteiger partial charge on any atom is 0.323 e. The largest absolute Gasteiger partial charge is 0.468 e. The number of carbonyl (C=O) groups is 1. The molecular formula is C14H25N3O2. The molecule has 0 aliphatic rings. The number of nitrogens with one attached hydrogen (secondary N) is 1. The van der Waals surface area contributed by atoms with E-state index in [1.54, 1.807) is 0 Å². The third-order valence-corrected chi connectivity index (χ3v) is 3.51. The van der Waals surface area contributed by atoms with E-state index in [0.29, 0.717) is 6.54 Å². The fraction of sp³-hybridized carbons (Fsp3) is 0.714. The summed E-state index contributed by atoms with van der Waals surface area (Å²) in [5.74, 6) is 0.0467. The fourth-order valence-corrected chi connectivity index (χ4v) is 2.13. The van der Waals surface area contributed by atoms with Crippen molar-refractivity contribution in [2.45, 2.75) is 46.2 Å². The first-order chi connectivity index (χ1) is 9.03. The minimum atomic E-state index is -0.264. The van der Waals surface area contributed by atoms with Gasteiger partial charge in [-0.25, -0.2) is 0 Å². The van der Waals surface area contributed by atoms with Crippen LogP contribution in [-0.2, 0) is 29.5 Å². The molecule has 0 amide bonds. The van der Waals surface area contributed by atoms with Gasteiger partial charge in [0.25, 0.3) is 0 Å². The lowest BCUT2D eigenvalue weighted by Crippen LogP contribution is -2.42. The zero-order valence-electron chi connectivity index (χ0n) is 12.6. The number of esters is 1. The Kier molecular flexibility index (Phi) is 6.02. The number of nitrogens with zero attached hydrogens (tertiary/aromatic N) is 2. The molecule has 1 N–H and O–H groups in total. The summed E-state index contributed by atoms with van der Waals surface area (Å²) >= 11 is 0. The molecule has 0 aromatic carbocycles. The third-order valence-electron chi connectivity index (χ3n) is 3.51. The summed E-state index contributed by atoms with van der Waals surface area (Å²) < 4.78 is 6.68. The zero-order valence-corrected chi connectivity index (χ0v) is 12.6. The summed E-state index contributed by atoms with van der Waals surface area (Å²) in [6.45, 7) is 6.85. The van der Waals surface area contributed by atoms with Crippen molar-refractivity contribution in [3.63, 3.8) is 0 Å². The third kappa shape index (κ3) is 4.06. The quantitative estimate of drug-likeness (QED) is 0.763. The van der Waals surface area contributed by atoms with Gasteiger partial charge in [-0.05, 0) is 12.3 Å². The second-order valence-corrected chi connectivity index (χ2v) is 4.90. The Morgan fingerprint density at radius 1 is 1.53 bits per heavy atom. The van der Waals surface area contributed by atoms with Crippen LogP contribution >= 0.6 is 0 Å². The van der Waals surface area contributed by atoms with Gasteiger partial charge < -0.3 is 4.74 Å². The fourth-order valence-electron chi connectivity index (χ4n) is 2.13. The molecule has 1 aromatic rings. The predicted molar refractivity (Wildman–Crippen MR) is 74.7 cm³/mol. The lowest BCUT2D eigenvalue weighted by atomic mass is 9.99. The molecule has 0 fully saturated rings. The predicted octanol–water partition coefficient (Wildman–Crippen LogP) is 1.66. The number of carbonyl (C=O) groups excluding carboxylic acids is 1. The first-order valence-corrected chi connectivity index (χ1v) is 6.86. The van der Waals surface area contributed by atoms with Gasteiger partial charge >= 0.3 is 5.97 Å². The van der Waals surface area contributed by atoms with Crippen molar-refractivity contribution < 1.29 is 9.53 Å². The second kappa shape index (κ2) is 7.28. The molecule has 108 valence electrons. The molecule has 1 aromatic heterocycles. The van der Waals surface area contributed by atoms with Crippen LogP contribution in [0.3, 0.4) is 0 Å². The van der Waals surface area contributed by atoms with Crippen LogP contribution in [-0.4, -0.2) is 28.9 Å². The molecule has 0 spiro atoms. The van der Waals surface area contributed by atoms with E-state index in [1.165, 1.54) is 7.11 Å². The molecule has 0 saturated carbocycles. The van der Waals surface area contributed by atoms with Crippen LogP contribution < -0.4 is 5.32 Å². The molecular weight excluding hydrogens is 242 g/mol. The van der Waals surface area contributed by atoms with Crippen molar-refractivity contribution in [3.05, 3.63) is 17.5 Å². The summed E-state index contributed by atoms with van der Waals surface area (Å²) in [5, 5.41) is 7.70. The molecule has 5 nitrogen and oxygen atoms in total. The number of hydrogen-bond donors (Lipinski definition) is 1. The molecule has 0 aliphatic carbocycles. The Hall–Kier alpha value is -1.36. The number of rotatable bonds is 7. The van der Waals surface area contributed by atoms with Gasteiger partial charge in [-0.1, -0.05) is 27.2 Å². The van der Waals surface area contributed by atoms with E-state index in [1.807, 2.05) is 17.9 Å². The van der Waals surface area contributed by atoms with Gasteiger partial charge in [0.2, 0.25) is 0 Å². The van der Waals surface area contributed by atoms with Crippen LogP contribution in [0.15, 0.2) is 6.20 Å². The van der Waals surface area contributed by atoms with Gasteiger partial charge in [0.15, 0.2) is 0 Å². The van der Waals surface area contributed by atoms with Gasteiger partial charge in [0, 0.05) is 25.4 Å². The number of hydrogen-bond acceptors (Lipinski definition) is 4. The molecule has 2 atom stereocenters. The Morgan fingerprint density at radius 2 is 2.21 bits per heavy atom. The van der Waals surface area contributed by atoms with Crippen LogP contribution in [0.5, 0.6) is 0 Å². The molecule has 0 bridgehead atoms. The van der Waals surface area contributed by atoms with Gasteiger partial charge in [0.1, 0.15) is 6.04 Å². The van der Waals surface area contributed by atoms with Crippen LogP contribution in [0, 0.1) is 5.92 Å². The summed E-state index contributed by atoms with van der Waals surface area (Å²) in [6, 6.07) is -0.264. The number of aromatic nitrogens is 2. The van der Waals surface area contributed by atoms with Crippen LogP contribution in [0.4, 0.5) is 0 Å². The van der Waals surface area contributed by atoms with Crippen molar-refractivity contribution in [1.82, 2.24) is 15.1 Å². The second-order valence-electron chi connectivity index (χ2n) is 4.90. The van der Waals surface area contributed by atoms with Gasteiger partial charge in [-0.15, -0.1) is 0 Å². The standard InChI is InChI=1S/C14H25N3O2/c1-6-10(3)13(14(18)19-5)15-8-11-9-17(4)16-12(11)7-2/h9-10,13,15H,6-8H2,1-5H3. The van der Waals surface area contributed by atoms with E-state index in [2.05, 4.69) is 31.2 Å². The zero-order chi connectivity index (χ0) is 14.4. The number of ether oxygens (including phenoxy) is 1. The van der Waals surface area contributed by atoms with Crippen molar-refractivity contribution in [2.75, 3.05) is 7.11 Å². The lowest BCUT2D eigenvalue weighted by Gasteiger charge is -2.21. The van der Waals surface area contributed by atoms with E-state index >= 15 is 0 Å². The van der Waals surface area contributed by atoms with Crippen molar-refractivity contribution in [1.29, 1.82) is 0 Å². The summed E-state index contributed by atoms with van der Waals surface area (Å²) in [6.07, 6.45) is 3.82. The molecule has 2 unspecified atom stereocenters. The highest BCUT2D eigenvalue weighted by atomic mass is 16.5. The highest BCUT2D eigenvalue weighted by Crippen LogP contribution is 2.12. The SMILES string of the molecule is CCc1nn(C)cc1CNC(C(=O)OC)C(C)CC. The maximum absolute atomic E-state index is 11.8. The summed E-state index contributed by atoms with van der Waals surface area (Å²) in [7, 11) is 3.34. The first-order valence-electron chi connectivity index (χ1n) is 6.86. The van der Waals surface area contributed by atoms with E-state index in [4.69, 9.17) is 4.74 Å². The summed E-state index contributed by atoms with van der Waals surface area (Å²) in [5.41, 5.74) is 2.21. The number of methoxy groups -OCH3 is 1. The molecule has 5 heteroatoms. The van der Waals surface area contributed by atoms with Crippen molar-refractivity contribution in [3.8, 4) is 0 Å².